The van der Waals surface area contributed by atoms with Crippen molar-refractivity contribution in [3.8, 4) is 22.3 Å². The topological polar surface area (TPSA) is 29.5 Å². The van der Waals surface area contributed by atoms with E-state index in [1.165, 1.54) is 21.5 Å². The zero-order valence-corrected chi connectivity index (χ0v) is 30.8. The Morgan fingerprint density at radius 3 is 1.82 bits per heavy atom. The summed E-state index contributed by atoms with van der Waals surface area (Å²) < 4.78 is 13.2. The summed E-state index contributed by atoms with van der Waals surface area (Å²) >= 11 is 0. The summed E-state index contributed by atoms with van der Waals surface area (Å²) in [5.74, 6) is 0. The molecule has 3 heteroatoms. The molecule has 0 aliphatic rings. The first-order valence-corrected chi connectivity index (χ1v) is 19.4. The first-order valence-electron chi connectivity index (χ1n) is 19.4. The smallest absolute Gasteiger partial charge is 0.145 e. The molecule has 10 aromatic carbocycles. The van der Waals surface area contributed by atoms with Gasteiger partial charge in [-0.2, -0.15) is 0 Å². The van der Waals surface area contributed by atoms with Gasteiger partial charge in [-0.25, -0.2) is 0 Å². The van der Waals surface area contributed by atoms with Gasteiger partial charge < -0.3 is 13.7 Å². The summed E-state index contributed by atoms with van der Waals surface area (Å²) in [7, 11) is 0. The van der Waals surface area contributed by atoms with Crippen molar-refractivity contribution in [1.82, 2.24) is 0 Å². The SMILES string of the molecule is c1ccc(-c2cccc3c2oc2ccc(-c4ccc(N(c5ccc6c(ccc7ccccc76)c5)c5cc6ccccc6c6oc7ccccc7c56)cc4)cc23)cc1. The van der Waals surface area contributed by atoms with Gasteiger partial charge in [0, 0.05) is 38.5 Å². The third-order valence-electron chi connectivity index (χ3n) is 11.6. The molecule has 0 radical (unpaired) electrons. The lowest BCUT2D eigenvalue weighted by Gasteiger charge is -2.27. The number of rotatable bonds is 5. The van der Waals surface area contributed by atoms with Crippen LogP contribution in [-0.4, -0.2) is 0 Å². The highest BCUT2D eigenvalue weighted by Crippen LogP contribution is 2.47. The Kier molecular flexibility index (Phi) is 6.93. The molecule has 0 unspecified atom stereocenters. The average molecular weight is 728 g/mol. The largest absolute Gasteiger partial charge is 0.455 e. The van der Waals surface area contributed by atoms with Crippen LogP contribution in [0, 0.1) is 0 Å². The zero-order chi connectivity index (χ0) is 37.5. The lowest BCUT2D eigenvalue weighted by molar-refractivity contribution is 0.670. The van der Waals surface area contributed by atoms with E-state index in [1.54, 1.807) is 0 Å². The van der Waals surface area contributed by atoms with E-state index in [1.807, 2.05) is 12.1 Å². The molecule has 0 aliphatic heterocycles. The van der Waals surface area contributed by atoms with Crippen molar-refractivity contribution in [2.24, 2.45) is 0 Å². The van der Waals surface area contributed by atoms with Gasteiger partial charge in [-0.3, -0.25) is 0 Å². The molecule has 0 saturated carbocycles. The lowest BCUT2D eigenvalue weighted by atomic mass is 9.98. The van der Waals surface area contributed by atoms with Crippen LogP contribution in [0.5, 0.6) is 0 Å². The van der Waals surface area contributed by atoms with Gasteiger partial charge in [-0.05, 0) is 92.2 Å². The highest BCUT2D eigenvalue weighted by molar-refractivity contribution is 6.22. The molecule has 0 saturated heterocycles. The Bertz CT molecular complexity index is 3520. The molecule has 0 aliphatic carbocycles. The Labute approximate surface area is 328 Å². The molecule has 0 amide bonds. The van der Waals surface area contributed by atoms with E-state index in [0.29, 0.717) is 0 Å². The molecule has 12 rings (SSSR count). The van der Waals surface area contributed by atoms with E-state index < -0.39 is 0 Å². The van der Waals surface area contributed by atoms with Crippen LogP contribution in [0.3, 0.4) is 0 Å². The maximum Gasteiger partial charge on any atom is 0.145 e. The second-order valence-corrected chi connectivity index (χ2v) is 14.9. The number of hydrogen-bond donors (Lipinski definition) is 0. The molecule has 0 atom stereocenters. The minimum absolute atomic E-state index is 0.878. The standard InChI is InChI=1S/C54H33NO2/c1-2-11-35(12-3-1)44-18-10-19-46-48-32-37(25-30-51(48)56-53(44)46)34-23-26-40(27-24-34)55(41-28-29-43-39(31-41)22-21-36-13-4-6-15-42(36)43)49-33-38-14-5-7-16-45(38)54-52(49)47-17-8-9-20-50(47)57-54/h1-33H. The van der Waals surface area contributed by atoms with Crippen LogP contribution in [-0.2, 0) is 0 Å². The van der Waals surface area contributed by atoms with Crippen LogP contribution >= 0.6 is 0 Å². The van der Waals surface area contributed by atoms with Crippen molar-refractivity contribution in [2.45, 2.75) is 0 Å². The molecule has 12 aromatic rings. The van der Waals surface area contributed by atoms with Crippen LogP contribution in [0.4, 0.5) is 17.1 Å². The summed E-state index contributed by atoms with van der Waals surface area (Å²) in [5.41, 5.74) is 11.3. The van der Waals surface area contributed by atoms with Gasteiger partial charge in [0.25, 0.3) is 0 Å². The Hall–Kier alpha value is -7.62. The van der Waals surface area contributed by atoms with Crippen LogP contribution < -0.4 is 4.90 Å². The Morgan fingerprint density at radius 2 is 0.947 bits per heavy atom. The van der Waals surface area contributed by atoms with Gasteiger partial charge in [-0.1, -0.05) is 152 Å². The minimum atomic E-state index is 0.878. The predicted octanol–water partition coefficient (Wildman–Crippen LogP) is 15.7. The maximum absolute atomic E-state index is 6.68. The number of anilines is 3. The van der Waals surface area contributed by atoms with Crippen molar-refractivity contribution >= 4 is 93.3 Å². The Morgan fingerprint density at radius 1 is 0.316 bits per heavy atom. The number of para-hydroxylation sites is 2. The fraction of sp³-hybridized carbons (Fsp3) is 0. The number of benzene rings is 10. The third kappa shape index (κ3) is 4.99. The lowest BCUT2D eigenvalue weighted by Crippen LogP contribution is -2.10. The predicted molar refractivity (Wildman–Crippen MR) is 239 cm³/mol. The van der Waals surface area contributed by atoms with Crippen molar-refractivity contribution < 1.29 is 8.83 Å². The minimum Gasteiger partial charge on any atom is -0.455 e. The fourth-order valence-corrected chi connectivity index (χ4v) is 8.91. The molecule has 57 heavy (non-hydrogen) atoms. The number of nitrogens with zero attached hydrogens (tertiary/aromatic N) is 1. The summed E-state index contributed by atoms with van der Waals surface area (Å²) in [4.78, 5) is 2.40. The highest BCUT2D eigenvalue weighted by Gasteiger charge is 2.22. The van der Waals surface area contributed by atoms with Crippen molar-refractivity contribution in [3.63, 3.8) is 0 Å². The normalized spacial score (nSPS) is 11.9. The molecular formula is C54H33NO2. The van der Waals surface area contributed by atoms with E-state index in [-0.39, 0.29) is 0 Å². The summed E-state index contributed by atoms with van der Waals surface area (Å²) in [5, 5.41) is 11.6. The molecule has 0 N–H and O–H groups in total. The van der Waals surface area contributed by atoms with Crippen molar-refractivity contribution in [3.05, 3.63) is 200 Å². The molecule has 0 fully saturated rings. The molecule has 2 aromatic heterocycles. The quantitative estimate of drug-likeness (QED) is 0.165. The second kappa shape index (κ2) is 12.5. The highest BCUT2D eigenvalue weighted by atomic mass is 16.3. The van der Waals surface area contributed by atoms with Crippen molar-refractivity contribution in [1.29, 1.82) is 0 Å². The molecule has 2 heterocycles. The van der Waals surface area contributed by atoms with Crippen LogP contribution in [0.25, 0.3) is 98.4 Å². The number of hydrogen-bond acceptors (Lipinski definition) is 3. The second-order valence-electron chi connectivity index (χ2n) is 14.9. The van der Waals surface area contributed by atoms with Gasteiger partial charge in [0.05, 0.1) is 11.1 Å². The summed E-state index contributed by atoms with van der Waals surface area (Å²) in [6.45, 7) is 0. The van der Waals surface area contributed by atoms with E-state index >= 15 is 0 Å². The van der Waals surface area contributed by atoms with Crippen molar-refractivity contribution in [2.75, 3.05) is 4.90 Å². The van der Waals surface area contributed by atoms with Crippen LogP contribution in [0.1, 0.15) is 0 Å². The monoisotopic (exact) mass is 727 g/mol. The van der Waals surface area contributed by atoms with E-state index in [9.17, 15) is 0 Å². The van der Waals surface area contributed by atoms with Gasteiger partial charge in [0.2, 0.25) is 0 Å². The fourth-order valence-electron chi connectivity index (χ4n) is 8.91. The Balaban J connectivity index is 1.04. The van der Waals surface area contributed by atoms with Crippen LogP contribution in [0.15, 0.2) is 209 Å². The summed E-state index contributed by atoms with van der Waals surface area (Å²) in [6, 6.07) is 71.5. The van der Waals surface area contributed by atoms with Crippen LogP contribution in [0.2, 0.25) is 0 Å². The first-order chi connectivity index (χ1) is 28.2. The van der Waals surface area contributed by atoms with E-state index in [4.69, 9.17) is 8.83 Å². The van der Waals surface area contributed by atoms with E-state index in [2.05, 4.69) is 193 Å². The number of furan rings is 2. The molecule has 0 bridgehead atoms. The van der Waals surface area contributed by atoms with Gasteiger partial charge in [0.1, 0.15) is 22.3 Å². The van der Waals surface area contributed by atoms with Gasteiger partial charge in [-0.15, -0.1) is 0 Å². The summed E-state index contributed by atoms with van der Waals surface area (Å²) in [6.07, 6.45) is 0. The maximum atomic E-state index is 6.68. The molecular weight excluding hydrogens is 695 g/mol. The third-order valence-corrected chi connectivity index (χ3v) is 11.6. The van der Waals surface area contributed by atoms with Gasteiger partial charge >= 0.3 is 0 Å². The number of fused-ring (bicyclic) bond motifs is 11. The van der Waals surface area contributed by atoms with E-state index in [0.717, 1.165) is 94.0 Å². The zero-order valence-electron chi connectivity index (χ0n) is 30.8. The first kappa shape index (κ1) is 31.7. The average Bonchev–Trinajstić information content (AvgIpc) is 3.86. The molecule has 0 spiro atoms. The van der Waals surface area contributed by atoms with Gasteiger partial charge in [0.15, 0.2) is 0 Å². The molecule has 3 nitrogen and oxygen atoms in total. The molecule has 266 valence electrons.